The van der Waals surface area contributed by atoms with Gasteiger partial charge in [0.25, 0.3) is 5.91 Å². The molecule has 1 amide bonds. The minimum absolute atomic E-state index is 0.141. The molecule has 0 aromatic heterocycles. The Bertz CT molecular complexity index is 1120. The van der Waals surface area contributed by atoms with Gasteiger partial charge in [0.15, 0.2) is 12.4 Å². The molecular weight excluding hydrogens is 511 g/mol. The lowest BCUT2D eigenvalue weighted by Gasteiger charge is -2.11. The van der Waals surface area contributed by atoms with Crippen molar-refractivity contribution in [2.75, 3.05) is 18.1 Å². The number of amides is 1. The molecule has 1 aliphatic rings. The largest absolute Gasteiger partial charge is 0.486 e. The average molecular weight is 534 g/mol. The number of nitrogens with zero attached hydrogens (tertiary/aromatic N) is 1. The highest BCUT2D eigenvalue weighted by Crippen LogP contribution is 2.45. The van der Waals surface area contributed by atoms with E-state index in [0.29, 0.717) is 38.3 Å². The Hall–Kier alpha value is -2.32. The smallest absolute Gasteiger partial charge is 0.277 e. The normalized spacial score (nSPS) is 13.8. The van der Waals surface area contributed by atoms with Gasteiger partial charge >= 0.3 is 0 Å². The Morgan fingerprint density at radius 3 is 2.35 bits per heavy atom. The highest BCUT2D eigenvalue weighted by atomic mass is 35.5. The van der Waals surface area contributed by atoms with Gasteiger partial charge in [-0.15, -0.1) is 23.5 Å². The van der Waals surface area contributed by atoms with Crippen LogP contribution in [0.5, 0.6) is 11.5 Å². The molecule has 1 N–H and O–H groups in total. The fourth-order valence-corrected chi connectivity index (χ4v) is 6.63. The molecule has 0 unspecified atom stereocenters. The van der Waals surface area contributed by atoms with Crippen molar-refractivity contribution in [2.45, 2.75) is 11.2 Å². The molecule has 1 saturated heterocycles. The molecule has 1 fully saturated rings. The lowest BCUT2D eigenvalue weighted by molar-refractivity contribution is -0.123. The van der Waals surface area contributed by atoms with Crippen molar-refractivity contribution < 1.29 is 14.3 Å². The molecule has 34 heavy (non-hydrogen) atoms. The van der Waals surface area contributed by atoms with Gasteiger partial charge in [-0.1, -0.05) is 65.7 Å². The van der Waals surface area contributed by atoms with Gasteiger partial charge < -0.3 is 9.47 Å². The Morgan fingerprint density at radius 1 is 1.00 bits per heavy atom. The molecule has 1 aliphatic heterocycles. The number of ether oxygens (including phenoxy) is 2. The van der Waals surface area contributed by atoms with E-state index in [0.717, 1.165) is 5.56 Å². The van der Waals surface area contributed by atoms with Crippen molar-refractivity contribution in [3.05, 3.63) is 93.5 Å². The topological polar surface area (TPSA) is 59.9 Å². The molecule has 0 radical (unpaired) electrons. The van der Waals surface area contributed by atoms with Gasteiger partial charge in [-0.2, -0.15) is 5.10 Å². The first-order chi connectivity index (χ1) is 16.6. The number of hydrogen-bond acceptors (Lipinski definition) is 6. The second kappa shape index (κ2) is 12.4. The number of rotatable bonds is 9. The minimum Gasteiger partial charge on any atom is -0.486 e. The van der Waals surface area contributed by atoms with Gasteiger partial charge in [0.05, 0.1) is 20.8 Å². The first kappa shape index (κ1) is 24.8. The second-order valence-corrected chi connectivity index (χ2v) is 10.9. The maximum absolute atomic E-state index is 12.1. The van der Waals surface area contributed by atoms with Crippen LogP contribution in [0.1, 0.15) is 21.3 Å². The average Bonchev–Trinajstić information content (AvgIpc) is 3.38. The first-order valence-corrected chi connectivity index (χ1v) is 13.4. The predicted octanol–water partition coefficient (Wildman–Crippen LogP) is 6.58. The zero-order valence-electron chi connectivity index (χ0n) is 18.1. The molecule has 0 aliphatic carbocycles. The summed E-state index contributed by atoms with van der Waals surface area (Å²) < 4.78 is 11.8. The Kier molecular flexibility index (Phi) is 9.04. The van der Waals surface area contributed by atoms with E-state index in [2.05, 4.69) is 10.5 Å². The minimum atomic E-state index is -0.373. The van der Waals surface area contributed by atoms with Crippen molar-refractivity contribution in [2.24, 2.45) is 5.10 Å². The first-order valence-electron chi connectivity index (χ1n) is 10.5. The number of carbonyl (C=O) groups is 1. The number of nitrogens with one attached hydrogen (secondary N) is 1. The lowest BCUT2D eigenvalue weighted by atomic mass is 10.2. The van der Waals surface area contributed by atoms with Gasteiger partial charge in [-0.25, -0.2) is 5.43 Å². The molecule has 0 atom stereocenters. The summed E-state index contributed by atoms with van der Waals surface area (Å²) in [5.41, 5.74) is 5.34. The predicted molar refractivity (Wildman–Crippen MR) is 143 cm³/mol. The molecule has 176 valence electrons. The molecule has 0 spiro atoms. The van der Waals surface area contributed by atoms with E-state index in [1.165, 1.54) is 23.3 Å². The zero-order valence-corrected chi connectivity index (χ0v) is 21.2. The molecule has 4 rings (SSSR count). The van der Waals surface area contributed by atoms with Crippen LogP contribution in [-0.2, 0) is 11.4 Å². The summed E-state index contributed by atoms with van der Waals surface area (Å²) in [4.78, 5) is 12.1. The van der Waals surface area contributed by atoms with E-state index in [-0.39, 0.29) is 12.5 Å². The van der Waals surface area contributed by atoms with Crippen molar-refractivity contribution in [1.29, 1.82) is 0 Å². The molecule has 9 heteroatoms. The standard InChI is InChI=1S/C25H22Cl2N2O3S2/c26-21-12-18(13-22(27)24(21)32-15-17-4-2-1-3-5-17)14-28-29-23(30)16-31-20-8-6-19(7-9-20)25-33-10-11-34-25/h1-9,12-14,25H,10-11,15-16H2,(H,29,30)/b28-14-. The second-order valence-electron chi connectivity index (χ2n) is 7.31. The molecule has 0 bridgehead atoms. The van der Waals surface area contributed by atoms with Gasteiger partial charge in [0.1, 0.15) is 12.4 Å². The monoisotopic (exact) mass is 532 g/mol. The SMILES string of the molecule is O=C(COc1ccc(C2SCCS2)cc1)N/N=C\c1cc(Cl)c(OCc2ccccc2)c(Cl)c1. The van der Waals surface area contributed by atoms with E-state index in [4.69, 9.17) is 32.7 Å². The quantitative estimate of drug-likeness (QED) is 0.249. The Labute approximate surface area is 217 Å². The fraction of sp³-hybridized carbons (Fsp3) is 0.200. The molecule has 0 saturated carbocycles. The summed E-state index contributed by atoms with van der Waals surface area (Å²) >= 11 is 16.6. The van der Waals surface area contributed by atoms with Gasteiger partial charge in [-0.3, -0.25) is 4.79 Å². The van der Waals surface area contributed by atoms with Crippen LogP contribution in [0.3, 0.4) is 0 Å². The number of carbonyl (C=O) groups excluding carboxylic acids is 1. The lowest BCUT2D eigenvalue weighted by Crippen LogP contribution is -2.24. The van der Waals surface area contributed by atoms with Crippen LogP contribution < -0.4 is 14.9 Å². The van der Waals surface area contributed by atoms with Crippen LogP contribution in [0.15, 0.2) is 71.8 Å². The van der Waals surface area contributed by atoms with Crippen LogP contribution in [0.2, 0.25) is 10.0 Å². The van der Waals surface area contributed by atoms with E-state index in [1.807, 2.05) is 78.1 Å². The van der Waals surface area contributed by atoms with Crippen molar-refractivity contribution in [3.63, 3.8) is 0 Å². The number of benzene rings is 3. The number of thioether (sulfide) groups is 2. The highest BCUT2D eigenvalue weighted by Gasteiger charge is 2.18. The van der Waals surface area contributed by atoms with Crippen LogP contribution in [0, 0.1) is 0 Å². The third-order valence-corrected chi connectivity index (χ3v) is 8.46. The van der Waals surface area contributed by atoms with Crippen molar-refractivity contribution in [1.82, 2.24) is 5.43 Å². The van der Waals surface area contributed by atoms with Crippen LogP contribution in [0.25, 0.3) is 0 Å². The zero-order chi connectivity index (χ0) is 23.8. The molecular formula is C25H22Cl2N2O3S2. The van der Waals surface area contributed by atoms with E-state index >= 15 is 0 Å². The van der Waals surface area contributed by atoms with Crippen molar-refractivity contribution in [3.8, 4) is 11.5 Å². The molecule has 3 aromatic rings. The highest BCUT2D eigenvalue weighted by molar-refractivity contribution is 8.19. The van der Waals surface area contributed by atoms with E-state index in [1.54, 1.807) is 12.1 Å². The fourth-order valence-electron chi connectivity index (χ4n) is 3.15. The molecule has 1 heterocycles. The van der Waals surface area contributed by atoms with Crippen LogP contribution >= 0.6 is 46.7 Å². The number of halogens is 2. The van der Waals surface area contributed by atoms with E-state index < -0.39 is 0 Å². The van der Waals surface area contributed by atoms with Gasteiger partial charge in [0, 0.05) is 11.5 Å². The summed E-state index contributed by atoms with van der Waals surface area (Å²) in [5, 5.41) is 4.67. The third kappa shape index (κ3) is 7.09. The summed E-state index contributed by atoms with van der Waals surface area (Å²) in [6.45, 7) is 0.211. The summed E-state index contributed by atoms with van der Waals surface area (Å²) in [5.74, 6) is 3.03. The van der Waals surface area contributed by atoms with Gasteiger partial charge in [-0.05, 0) is 41.0 Å². The Morgan fingerprint density at radius 2 is 1.68 bits per heavy atom. The van der Waals surface area contributed by atoms with Gasteiger partial charge in [0.2, 0.25) is 0 Å². The van der Waals surface area contributed by atoms with E-state index in [9.17, 15) is 4.79 Å². The Balaban J connectivity index is 1.25. The number of hydrogen-bond donors (Lipinski definition) is 1. The maximum atomic E-state index is 12.1. The summed E-state index contributed by atoms with van der Waals surface area (Å²) in [6, 6.07) is 20.9. The third-order valence-electron chi connectivity index (χ3n) is 4.79. The van der Waals surface area contributed by atoms with Crippen molar-refractivity contribution >= 4 is 58.8 Å². The summed E-state index contributed by atoms with van der Waals surface area (Å²) in [6.07, 6.45) is 1.46. The van der Waals surface area contributed by atoms with Crippen LogP contribution in [-0.4, -0.2) is 30.2 Å². The van der Waals surface area contributed by atoms with Crippen LogP contribution in [0.4, 0.5) is 0 Å². The number of hydrazone groups is 1. The maximum Gasteiger partial charge on any atom is 0.277 e. The summed E-state index contributed by atoms with van der Waals surface area (Å²) in [7, 11) is 0. The molecule has 5 nitrogen and oxygen atoms in total. The molecule has 3 aromatic carbocycles.